The maximum absolute atomic E-state index is 12.8. The van der Waals surface area contributed by atoms with Gasteiger partial charge < -0.3 is 25.4 Å². The minimum atomic E-state index is -0.776. The second-order valence-corrected chi connectivity index (χ2v) is 8.76. The Morgan fingerprint density at radius 3 is 2.35 bits per heavy atom. The van der Waals surface area contributed by atoms with Crippen molar-refractivity contribution in [3.05, 3.63) is 66.0 Å². The molecular formula is C25H34N4O5. The predicted molar refractivity (Wildman–Crippen MR) is 128 cm³/mol. The van der Waals surface area contributed by atoms with Gasteiger partial charge in [0.2, 0.25) is 5.91 Å². The second kappa shape index (κ2) is 13.8. The van der Waals surface area contributed by atoms with Gasteiger partial charge in [-0.2, -0.15) is 0 Å². The van der Waals surface area contributed by atoms with Gasteiger partial charge in [0.15, 0.2) is 0 Å². The van der Waals surface area contributed by atoms with Crippen LogP contribution in [0, 0.1) is 0 Å². The fourth-order valence-electron chi connectivity index (χ4n) is 2.97. The Morgan fingerprint density at radius 1 is 0.941 bits per heavy atom. The lowest BCUT2D eigenvalue weighted by atomic mass is 10.1. The highest BCUT2D eigenvalue weighted by Crippen LogP contribution is 2.08. The van der Waals surface area contributed by atoms with Gasteiger partial charge in [-0.1, -0.05) is 36.4 Å². The number of benzene rings is 1. The Hall–Kier alpha value is -3.62. The Balaban J connectivity index is 1.83. The Labute approximate surface area is 200 Å². The maximum atomic E-state index is 12.8. The summed E-state index contributed by atoms with van der Waals surface area (Å²) in [6.45, 7) is 6.19. The highest BCUT2D eigenvalue weighted by atomic mass is 16.6. The number of unbranched alkanes of at least 4 members (excludes halogenated alkanes) is 1. The first kappa shape index (κ1) is 26.6. The summed E-state index contributed by atoms with van der Waals surface area (Å²) < 4.78 is 10.5. The minimum Gasteiger partial charge on any atom is -0.445 e. The molecule has 0 aliphatic carbocycles. The lowest BCUT2D eigenvalue weighted by Gasteiger charge is -2.20. The van der Waals surface area contributed by atoms with Gasteiger partial charge in [-0.3, -0.25) is 9.78 Å². The van der Waals surface area contributed by atoms with E-state index in [4.69, 9.17) is 9.47 Å². The highest BCUT2D eigenvalue weighted by molar-refractivity contribution is 5.85. The van der Waals surface area contributed by atoms with Crippen LogP contribution in [0.15, 0.2) is 54.9 Å². The number of ether oxygens (including phenoxy) is 2. The van der Waals surface area contributed by atoms with E-state index in [0.717, 1.165) is 11.1 Å². The number of aromatic nitrogens is 1. The third kappa shape index (κ3) is 11.3. The summed E-state index contributed by atoms with van der Waals surface area (Å²) in [5.41, 5.74) is 1.14. The standard InChI is InChI=1S/C25H34N4O5/c1-25(2,3)34-23(31)27-15-8-7-13-21(22(30)28-17-20-12-9-14-26-16-20)29-24(32)33-18-19-10-5-4-6-11-19/h4-6,9-12,14,16,21H,7-8,13,15,17-18H2,1-3H3,(H,27,31)(H,28,30)(H,29,32)/t21-/m0/s1. The number of hydrogen-bond donors (Lipinski definition) is 3. The van der Waals surface area contributed by atoms with Crippen LogP contribution in [-0.4, -0.2) is 41.3 Å². The number of hydrogen-bond acceptors (Lipinski definition) is 6. The van der Waals surface area contributed by atoms with Crippen molar-refractivity contribution in [2.45, 2.75) is 64.8 Å². The normalized spacial score (nSPS) is 11.7. The molecule has 2 rings (SSSR count). The molecule has 1 atom stereocenters. The molecule has 3 amide bonds. The second-order valence-electron chi connectivity index (χ2n) is 8.76. The number of amides is 3. The van der Waals surface area contributed by atoms with E-state index in [2.05, 4.69) is 20.9 Å². The minimum absolute atomic E-state index is 0.108. The van der Waals surface area contributed by atoms with Crippen molar-refractivity contribution in [1.82, 2.24) is 20.9 Å². The lowest BCUT2D eigenvalue weighted by Crippen LogP contribution is -2.46. The fourth-order valence-corrected chi connectivity index (χ4v) is 2.97. The van der Waals surface area contributed by atoms with E-state index in [1.165, 1.54) is 0 Å². The van der Waals surface area contributed by atoms with Crippen molar-refractivity contribution in [1.29, 1.82) is 0 Å². The molecule has 0 unspecified atom stereocenters. The van der Waals surface area contributed by atoms with Gasteiger partial charge in [0, 0.05) is 25.5 Å². The molecule has 0 saturated heterocycles. The fraction of sp³-hybridized carbons (Fsp3) is 0.440. The summed E-state index contributed by atoms with van der Waals surface area (Å²) in [7, 11) is 0. The van der Waals surface area contributed by atoms with Crippen molar-refractivity contribution in [3.8, 4) is 0 Å². The van der Waals surface area contributed by atoms with Gasteiger partial charge >= 0.3 is 12.2 Å². The van der Waals surface area contributed by atoms with Crippen LogP contribution in [0.5, 0.6) is 0 Å². The molecule has 0 radical (unpaired) electrons. The number of rotatable bonds is 11. The monoisotopic (exact) mass is 470 g/mol. The summed E-state index contributed by atoms with van der Waals surface area (Å²) >= 11 is 0. The van der Waals surface area contributed by atoms with Crippen LogP contribution >= 0.6 is 0 Å². The molecule has 1 aromatic carbocycles. The van der Waals surface area contributed by atoms with E-state index in [1.807, 2.05) is 36.4 Å². The number of alkyl carbamates (subject to hydrolysis) is 2. The van der Waals surface area contributed by atoms with E-state index in [0.29, 0.717) is 32.4 Å². The van der Waals surface area contributed by atoms with Gasteiger partial charge in [-0.05, 0) is 57.2 Å². The molecule has 9 heteroatoms. The lowest BCUT2D eigenvalue weighted by molar-refractivity contribution is -0.123. The molecule has 9 nitrogen and oxygen atoms in total. The summed E-state index contributed by atoms with van der Waals surface area (Å²) in [6.07, 6.45) is 3.77. The first-order valence-electron chi connectivity index (χ1n) is 11.3. The van der Waals surface area contributed by atoms with Gasteiger partial charge in [0.1, 0.15) is 18.2 Å². The molecular weight excluding hydrogens is 436 g/mol. The van der Waals surface area contributed by atoms with Gasteiger partial charge in [0.05, 0.1) is 0 Å². The van der Waals surface area contributed by atoms with Crippen LogP contribution in [0.3, 0.4) is 0 Å². The topological polar surface area (TPSA) is 119 Å². The molecule has 0 aliphatic rings. The number of carbonyl (C=O) groups excluding carboxylic acids is 3. The SMILES string of the molecule is CC(C)(C)OC(=O)NCCCC[C@H](NC(=O)OCc1ccccc1)C(=O)NCc1cccnc1. The molecule has 184 valence electrons. The van der Waals surface area contributed by atoms with E-state index in [1.54, 1.807) is 39.2 Å². The zero-order chi connectivity index (χ0) is 24.8. The Kier molecular flexibility index (Phi) is 10.8. The van der Waals surface area contributed by atoms with Crippen LogP contribution in [0.2, 0.25) is 0 Å². The van der Waals surface area contributed by atoms with E-state index >= 15 is 0 Å². The van der Waals surface area contributed by atoms with Gasteiger partial charge in [0.25, 0.3) is 0 Å². The van der Waals surface area contributed by atoms with Crippen molar-refractivity contribution < 1.29 is 23.9 Å². The summed E-state index contributed by atoms with van der Waals surface area (Å²) in [5, 5.41) is 8.16. The third-order valence-electron chi connectivity index (χ3n) is 4.60. The summed E-state index contributed by atoms with van der Waals surface area (Å²) in [5.74, 6) is -0.319. The van der Waals surface area contributed by atoms with Crippen molar-refractivity contribution in [2.24, 2.45) is 0 Å². The Morgan fingerprint density at radius 2 is 1.68 bits per heavy atom. The molecule has 0 fully saturated rings. The first-order valence-corrected chi connectivity index (χ1v) is 11.3. The molecule has 1 aromatic heterocycles. The van der Waals surface area contributed by atoms with E-state index in [-0.39, 0.29) is 12.5 Å². The molecule has 0 saturated carbocycles. The maximum Gasteiger partial charge on any atom is 0.408 e. The zero-order valence-electron chi connectivity index (χ0n) is 20.0. The van der Waals surface area contributed by atoms with Gasteiger partial charge in [-0.15, -0.1) is 0 Å². The molecule has 34 heavy (non-hydrogen) atoms. The van der Waals surface area contributed by atoms with Crippen molar-refractivity contribution >= 4 is 18.1 Å². The van der Waals surface area contributed by atoms with E-state index < -0.39 is 23.8 Å². The van der Waals surface area contributed by atoms with Crippen LogP contribution < -0.4 is 16.0 Å². The molecule has 3 N–H and O–H groups in total. The zero-order valence-corrected chi connectivity index (χ0v) is 20.0. The molecule has 0 bridgehead atoms. The van der Waals surface area contributed by atoms with Gasteiger partial charge in [-0.25, -0.2) is 9.59 Å². The van der Waals surface area contributed by atoms with Crippen molar-refractivity contribution in [2.75, 3.05) is 6.54 Å². The average Bonchev–Trinajstić information content (AvgIpc) is 2.80. The first-order chi connectivity index (χ1) is 16.2. The summed E-state index contributed by atoms with van der Waals surface area (Å²) in [6, 6.07) is 12.2. The summed E-state index contributed by atoms with van der Waals surface area (Å²) in [4.78, 5) is 40.9. The third-order valence-corrected chi connectivity index (χ3v) is 4.60. The van der Waals surface area contributed by atoms with E-state index in [9.17, 15) is 14.4 Å². The molecule has 2 aromatic rings. The molecule has 0 aliphatic heterocycles. The van der Waals surface area contributed by atoms with Crippen LogP contribution in [0.1, 0.15) is 51.2 Å². The van der Waals surface area contributed by atoms with Crippen LogP contribution in [0.4, 0.5) is 9.59 Å². The number of nitrogens with zero attached hydrogens (tertiary/aromatic N) is 1. The van der Waals surface area contributed by atoms with Crippen LogP contribution in [-0.2, 0) is 27.4 Å². The molecule has 1 heterocycles. The van der Waals surface area contributed by atoms with Crippen molar-refractivity contribution in [3.63, 3.8) is 0 Å². The molecule has 0 spiro atoms. The predicted octanol–water partition coefficient (Wildman–Crippen LogP) is 3.69. The smallest absolute Gasteiger partial charge is 0.408 e. The number of nitrogens with one attached hydrogen (secondary N) is 3. The largest absolute Gasteiger partial charge is 0.445 e. The number of pyridine rings is 1. The average molecular weight is 471 g/mol. The Bertz CT molecular complexity index is 901. The highest BCUT2D eigenvalue weighted by Gasteiger charge is 2.21. The quantitative estimate of drug-likeness (QED) is 0.431. The van der Waals surface area contributed by atoms with Crippen LogP contribution in [0.25, 0.3) is 0 Å². The number of carbonyl (C=O) groups is 3.